The molecule has 0 atom stereocenters. The van der Waals surface area contributed by atoms with Gasteiger partial charge in [-0.05, 0) is 40.5 Å². The van der Waals surface area contributed by atoms with Gasteiger partial charge in [0, 0.05) is 5.56 Å². The molecule has 3 aromatic rings. The average Bonchev–Trinajstić information content (AvgIpc) is 2.64. The molecule has 0 aliphatic rings. The zero-order valence-corrected chi connectivity index (χ0v) is 14.2. The lowest BCUT2D eigenvalue weighted by Crippen LogP contribution is -2.19. The summed E-state index contributed by atoms with van der Waals surface area (Å²) in [6, 6.07) is 12.3. The molecule has 0 aliphatic carbocycles. The Labute approximate surface area is 156 Å². The molecular weight excluding hydrogens is 382 g/mol. The van der Waals surface area contributed by atoms with E-state index in [2.05, 4.69) is 11.3 Å². The molecule has 0 spiro atoms. The number of ether oxygens (including phenoxy) is 1. The number of hydrogen-bond acceptors (Lipinski definition) is 1. The summed E-state index contributed by atoms with van der Waals surface area (Å²) in [6.45, 7) is 3.64. The standard InChI is InChI=1S/C21H12F6O/c1-2-12-3-5-13(6-4-12)14-7-8-16(17(22)9-14)15-10-18(23)20(19(24)11-15)28-21(25,26)27/h2-11H,1H2. The van der Waals surface area contributed by atoms with Crippen LogP contribution in [0.5, 0.6) is 5.75 Å². The molecule has 0 bridgehead atoms. The van der Waals surface area contributed by atoms with E-state index in [0.29, 0.717) is 23.3 Å². The molecule has 7 heteroatoms. The van der Waals surface area contributed by atoms with Crippen molar-refractivity contribution in [3.63, 3.8) is 0 Å². The Morgan fingerprint density at radius 3 is 1.75 bits per heavy atom. The monoisotopic (exact) mass is 394 g/mol. The average molecular weight is 394 g/mol. The van der Waals surface area contributed by atoms with Gasteiger partial charge in [-0.3, -0.25) is 0 Å². The van der Waals surface area contributed by atoms with Crippen LogP contribution in [0.1, 0.15) is 5.56 Å². The van der Waals surface area contributed by atoms with E-state index >= 15 is 0 Å². The second-order valence-electron chi connectivity index (χ2n) is 5.84. The Morgan fingerprint density at radius 1 is 0.714 bits per heavy atom. The van der Waals surface area contributed by atoms with Gasteiger partial charge in [0.05, 0.1) is 0 Å². The predicted molar refractivity (Wildman–Crippen MR) is 94.0 cm³/mol. The van der Waals surface area contributed by atoms with Crippen LogP contribution in [0, 0.1) is 17.5 Å². The van der Waals surface area contributed by atoms with E-state index in [1.807, 2.05) is 0 Å². The number of halogens is 6. The van der Waals surface area contributed by atoms with Crippen molar-refractivity contribution in [3.8, 4) is 28.0 Å². The number of alkyl halides is 3. The minimum Gasteiger partial charge on any atom is -0.399 e. The van der Waals surface area contributed by atoms with Gasteiger partial charge < -0.3 is 4.74 Å². The summed E-state index contributed by atoms with van der Waals surface area (Å²) in [6.07, 6.45) is -3.60. The van der Waals surface area contributed by atoms with Crippen LogP contribution in [0.3, 0.4) is 0 Å². The van der Waals surface area contributed by atoms with Crippen molar-refractivity contribution in [1.29, 1.82) is 0 Å². The molecule has 0 fully saturated rings. The SMILES string of the molecule is C=Cc1ccc(-c2ccc(-c3cc(F)c(OC(F)(F)F)c(F)c3)c(F)c2)cc1. The fraction of sp³-hybridized carbons (Fsp3) is 0.0476. The van der Waals surface area contributed by atoms with Gasteiger partial charge in [0.25, 0.3) is 0 Å². The predicted octanol–water partition coefficient (Wildman–Crippen LogP) is 6.98. The van der Waals surface area contributed by atoms with E-state index in [0.717, 1.165) is 5.56 Å². The Hall–Kier alpha value is -3.22. The first-order valence-corrected chi connectivity index (χ1v) is 7.95. The van der Waals surface area contributed by atoms with Gasteiger partial charge in [-0.2, -0.15) is 0 Å². The molecule has 0 unspecified atom stereocenters. The minimum absolute atomic E-state index is 0.164. The lowest BCUT2D eigenvalue weighted by molar-refractivity contribution is -0.276. The van der Waals surface area contributed by atoms with Gasteiger partial charge in [-0.25, -0.2) is 13.2 Å². The van der Waals surface area contributed by atoms with Crippen LogP contribution in [0.4, 0.5) is 26.3 Å². The summed E-state index contributed by atoms with van der Waals surface area (Å²) in [5, 5.41) is 0. The maximum atomic E-state index is 14.5. The third kappa shape index (κ3) is 4.19. The molecule has 0 saturated heterocycles. The van der Waals surface area contributed by atoms with Crippen molar-refractivity contribution in [3.05, 3.63) is 84.2 Å². The minimum atomic E-state index is -5.25. The second-order valence-corrected chi connectivity index (χ2v) is 5.84. The van der Waals surface area contributed by atoms with Gasteiger partial charge in [0.15, 0.2) is 11.6 Å². The highest BCUT2D eigenvalue weighted by atomic mass is 19.4. The van der Waals surface area contributed by atoms with Gasteiger partial charge >= 0.3 is 6.36 Å². The van der Waals surface area contributed by atoms with Crippen molar-refractivity contribution in [2.75, 3.05) is 0 Å². The van der Waals surface area contributed by atoms with E-state index in [1.165, 1.54) is 18.2 Å². The van der Waals surface area contributed by atoms with E-state index in [1.54, 1.807) is 30.3 Å². The molecule has 0 amide bonds. The fourth-order valence-corrected chi connectivity index (χ4v) is 2.67. The quantitative estimate of drug-likeness (QED) is 0.434. The molecule has 0 aromatic heterocycles. The summed E-state index contributed by atoms with van der Waals surface area (Å²) >= 11 is 0. The van der Waals surface area contributed by atoms with E-state index in [-0.39, 0.29) is 11.1 Å². The molecule has 0 saturated carbocycles. The summed E-state index contributed by atoms with van der Waals surface area (Å²) in [4.78, 5) is 0. The molecule has 0 radical (unpaired) electrons. The van der Waals surface area contributed by atoms with Crippen LogP contribution >= 0.6 is 0 Å². The molecule has 1 nitrogen and oxygen atoms in total. The molecule has 144 valence electrons. The van der Waals surface area contributed by atoms with Crippen LogP contribution < -0.4 is 4.74 Å². The number of rotatable bonds is 4. The van der Waals surface area contributed by atoms with Gasteiger partial charge in [0.2, 0.25) is 5.75 Å². The Kier molecular flexibility index (Phi) is 5.18. The van der Waals surface area contributed by atoms with Crippen molar-refractivity contribution < 1.29 is 31.1 Å². The highest BCUT2D eigenvalue weighted by Gasteiger charge is 2.34. The molecule has 3 aromatic carbocycles. The number of benzene rings is 3. The van der Waals surface area contributed by atoms with Crippen LogP contribution in [-0.2, 0) is 0 Å². The zero-order valence-electron chi connectivity index (χ0n) is 14.2. The van der Waals surface area contributed by atoms with Crippen molar-refractivity contribution >= 4 is 6.08 Å². The van der Waals surface area contributed by atoms with Crippen LogP contribution in [0.2, 0.25) is 0 Å². The molecule has 28 heavy (non-hydrogen) atoms. The maximum Gasteiger partial charge on any atom is 0.573 e. The van der Waals surface area contributed by atoms with E-state index in [4.69, 9.17) is 0 Å². The Bertz CT molecular complexity index is 999. The fourth-order valence-electron chi connectivity index (χ4n) is 2.67. The molecular formula is C21H12F6O. The van der Waals surface area contributed by atoms with Crippen molar-refractivity contribution in [2.45, 2.75) is 6.36 Å². The highest BCUT2D eigenvalue weighted by Crippen LogP contribution is 2.34. The molecule has 0 aliphatic heterocycles. The summed E-state index contributed by atoms with van der Waals surface area (Å²) in [7, 11) is 0. The van der Waals surface area contributed by atoms with Crippen LogP contribution in [-0.4, -0.2) is 6.36 Å². The highest BCUT2D eigenvalue weighted by molar-refractivity contribution is 5.72. The summed E-state index contributed by atoms with van der Waals surface area (Å²) in [5.41, 5.74) is 1.70. The lowest BCUT2D eigenvalue weighted by atomic mass is 9.98. The zero-order chi connectivity index (χ0) is 20.5. The largest absolute Gasteiger partial charge is 0.573 e. The first-order chi connectivity index (χ1) is 13.2. The van der Waals surface area contributed by atoms with Crippen LogP contribution in [0.15, 0.2) is 61.2 Å². The summed E-state index contributed by atoms with van der Waals surface area (Å²) in [5.74, 6) is -5.55. The van der Waals surface area contributed by atoms with Crippen molar-refractivity contribution in [2.24, 2.45) is 0 Å². The maximum absolute atomic E-state index is 14.5. The van der Waals surface area contributed by atoms with Gasteiger partial charge in [-0.15, -0.1) is 13.2 Å². The Morgan fingerprint density at radius 2 is 1.25 bits per heavy atom. The van der Waals surface area contributed by atoms with Gasteiger partial charge in [0.1, 0.15) is 5.82 Å². The topological polar surface area (TPSA) is 9.23 Å². The van der Waals surface area contributed by atoms with Crippen LogP contribution in [0.25, 0.3) is 28.3 Å². The Balaban J connectivity index is 1.97. The molecule has 0 heterocycles. The number of hydrogen-bond donors (Lipinski definition) is 0. The van der Waals surface area contributed by atoms with E-state index in [9.17, 15) is 26.3 Å². The first-order valence-electron chi connectivity index (χ1n) is 7.95. The van der Waals surface area contributed by atoms with Gasteiger partial charge in [-0.1, -0.05) is 49.1 Å². The molecule has 0 N–H and O–H groups in total. The van der Waals surface area contributed by atoms with Crippen molar-refractivity contribution in [1.82, 2.24) is 0 Å². The smallest absolute Gasteiger partial charge is 0.399 e. The third-order valence-electron chi connectivity index (χ3n) is 3.98. The third-order valence-corrected chi connectivity index (χ3v) is 3.98. The molecule has 3 rings (SSSR count). The van der Waals surface area contributed by atoms with E-state index < -0.39 is 29.6 Å². The lowest BCUT2D eigenvalue weighted by Gasteiger charge is -2.13. The normalized spacial score (nSPS) is 11.4. The first kappa shape index (κ1) is 19.5. The second kappa shape index (κ2) is 7.42. The summed E-state index contributed by atoms with van der Waals surface area (Å²) < 4.78 is 82.3.